The van der Waals surface area contributed by atoms with Gasteiger partial charge in [-0.25, -0.2) is 4.98 Å². The standard InChI is InChI=1S/C62H38N4O/c1-3-11-39(12-4-1)47-34-55(40-13-5-2-6-14-40)64-62(36-47)66-57-18-10-7-15-49(57)51-26-23-46(35-59(51)66)44-22-20-41-31-43(21-19-42(41)32-44)45-24-27-58-52(33-45)50-16-8-9-17-56(50)65(58)48-25-28-60-53(37-48)54-38-63-30-29-61(54)67-60/h1-38H. The Kier molecular flexibility index (Phi) is 8.21. The van der Waals surface area contributed by atoms with Crippen molar-refractivity contribution in [2.45, 2.75) is 0 Å². The van der Waals surface area contributed by atoms with Crippen molar-refractivity contribution in [2.24, 2.45) is 0 Å². The number of nitrogens with zero attached hydrogens (tertiary/aromatic N) is 4. The fourth-order valence-corrected chi connectivity index (χ4v) is 10.4. The molecule has 0 saturated carbocycles. The van der Waals surface area contributed by atoms with Crippen LogP contribution in [0.2, 0.25) is 0 Å². The topological polar surface area (TPSA) is 48.8 Å². The largest absolute Gasteiger partial charge is 0.456 e. The average Bonchev–Trinajstić information content (AvgIpc) is 4.05. The summed E-state index contributed by atoms with van der Waals surface area (Å²) in [5.74, 6) is 0.889. The van der Waals surface area contributed by atoms with Crippen LogP contribution in [0.1, 0.15) is 0 Å². The van der Waals surface area contributed by atoms with E-state index in [2.05, 4.69) is 226 Å². The van der Waals surface area contributed by atoms with Gasteiger partial charge in [-0.15, -0.1) is 0 Å². The minimum absolute atomic E-state index is 0.846. The lowest BCUT2D eigenvalue weighted by atomic mass is 9.96. The highest BCUT2D eigenvalue weighted by Gasteiger charge is 2.19. The molecule has 0 fully saturated rings. The van der Waals surface area contributed by atoms with Crippen molar-refractivity contribution in [1.82, 2.24) is 19.1 Å². The fraction of sp³-hybridized carbons (Fsp3) is 0. The normalized spacial score (nSPS) is 11.9. The molecule has 0 spiro atoms. The van der Waals surface area contributed by atoms with Gasteiger partial charge < -0.3 is 8.98 Å². The van der Waals surface area contributed by atoms with E-state index in [0.29, 0.717) is 0 Å². The molecular formula is C62H38N4O. The van der Waals surface area contributed by atoms with Crippen LogP contribution < -0.4 is 0 Å². The van der Waals surface area contributed by atoms with E-state index < -0.39 is 0 Å². The van der Waals surface area contributed by atoms with Crippen LogP contribution >= 0.6 is 0 Å². The molecule has 312 valence electrons. The summed E-state index contributed by atoms with van der Waals surface area (Å²) in [7, 11) is 0. The van der Waals surface area contributed by atoms with Gasteiger partial charge in [0.2, 0.25) is 0 Å². The number of benzene rings is 9. The number of hydrogen-bond donors (Lipinski definition) is 0. The van der Waals surface area contributed by atoms with E-state index in [1.54, 1.807) is 6.20 Å². The number of para-hydroxylation sites is 2. The Bertz CT molecular complexity index is 4220. The van der Waals surface area contributed by atoms with Gasteiger partial charge in [0, 0.05) is 56.0 Å². The van der Waals surface area contributed by atoms with Crippen molar-refractivity contribution in [1.29, 1.82) is 0 Å². The number of pyridine rings is 2. The molecule has 0 atom stereocenters. The third-order valence-electron chi connectivity index (χ3n) is 13.6. The van der Waals surface area contributed by atoms with Crippen molar-refractivity contribution < 1.29 is 4.42 Å². The number of fused-ring (bicyclic) bond motifs is 10. The molecular weight excluding hydrogens is 817 g/mol. The first-order chi connectivity index (χ1) is 33.2. The predicted octanol–water partition coefficient (Wildman–Crippen LogP) is 16.4. The van der Waals surface area contributed by atoms with Crippen LogP contribution in [0.25, 0.3) is 132 Å². The number of aromatic nitrogens is 4. The van der Waals surface area contributed by atoms with Crippen LogP contribution in [-0.2, 0) is 0 Å². The molecule has 0 aliphatic heterocycles. The molecule has 14 aromatic rings. The minimum Gasteiger partial charge on any atom is -0.456 e. The van der Waals surface area contributed by atoms with E-state index in [4.69, 9.17) is 9.40 Å². The van der Waals surface area contributed by atoms with E-state index in [9.17, 15) is 0 Å². The summed E-state index contributed by atoms with van der Waals surface area (Å²) in [6.45, 7) is 0. The van der Waals surface area contributed by atoms with Gasteiger partial charge in [-0.3, -0.25) is 9.55 Å². The van der Waals surface area contributed by atoms with Gasteiger partial charge in [0.05, 0.1) is 27.8 Å². The highest BCUT2D eigenvalue weighted by Crippen LogP contribution is 2.40. The maximum absolute atomic E-state index is 6.15. The summed E-state index contributed by atoms with van der Waals surface area (Å²) in [4.78, 5) is 9.75. The highest BCUT2D eigenvalue weighted by molar-refractivity contribution is 6.12. The summed E-state index contributed by atoms with van der Waals surface area (Å²) in [5.41, 5.74) is 16.4. The fourth-order valence-electron chi connectivity index (χ4n) is 10.4. The van der Waals surface area contributed by atoms with Crippen molar-refractivity contribution in [3.63, 3.8) is 0 Å². The Morgan fingerprint density at radius 3 is 1.70 bits per heavy atom. The monoisotopic (exact) mass is 854 g/mol. The summed E-state index contributed by atoms with van der Waals surface area (Å²) >= 11 is 0. The predicted molar refractivity (Wildman–Crippen MR) is 277 cm³/mol. The van der Waals surface area contributed by atoms with Gasteiger partial charge in [0.15, 0.2) is 0 Å². The molecule has 0 aliphatic carbocycles. The molecule has 5 heteroatoms. The molecule has 0 radical (unpaired) electrons. The third-order valence-corrected chi connectivity index (χ3v) is 13.6. The Hall–Kier alpha value is -9.06. The van der Waals surface area contributed by atoms with Crippen LogP contribution in [0.15, 0.2) is 235 Å². The van der Waals surface area contributed by atoms with Crippen LogP contribution in [0, 0.1) is 0 Å². The van der Waals surface area contributed by atoms with E-state index in [0.717, 1.165) is 77.9 Å². The van der Waals surface area contributed by atoms with Gasteiger partial charge in [-0.1, -0.05) is 140 Å². The van der Waals surface area contributed by atoms with Gasteiger partial charge >= 0.3 is 0 Å². The van der Waals surface area contributed by atoms with E-state index in [1.807, 2.05) is 12.3 Å². The number of hydrogen-bond acceptors (Lipinski definition) is 3. The van der Waals surface area contributed by atoms with Gasteiger partial charge in [0.1, 0.15) is 17.0 Å². The Morgan fingerprint density at radius 1 is 0.328 bits per heavy atom. The van der Waals surface area contributed by atoms with Crippen LogP contribution in [0.5, 0.6) is 0 Å². The van der Waals surface area contributed by atoms with Gasteiger partial charge in [-0.2, -0.15) is 0 Å². The quantitative estimate of drug-likeness (QED) is 0.167. The minimum atomic E-state index is 0.846. The van der Waals surface area contributed by atoms with Crippen molar-refractivity contribution >= 4 is 76.3 Å². The van der Waals surface area contributed by atoms with Gasteiger partial charge in [-0.05, 0) is 123 Å². The molecule has 14 rings (SSSR count). The zero-order valence-corrected chi connectivity index (χ0v) is 36.1. The Morgan fingerprint density at radius 2 is 0.925 bits per heavy atom. The lowest BCUT2D eigenvalue weighted by Crippen LogP contribution is -2.00. The van der Waals surface area contributed by atoms with Crippen LogP contribution in [-0.4, -0.2) is 19.1 Å². The summed E-state index contributed by atoms with van der Waals surface area (Å²) in [6.07, 6.45) is 3.66. The molecule has 67 heavy (non-hydrogen) atoms. The molecule has 5 aromatic heterocycles. The van der Waals surface area contributed by atoms with E-state index in [1.165, 1.54) is 54.5 Å². The first kappa shape index (κ1) is 37.3. The second-order valence-electron chi connectivity index (χ2n) is 17.4. The number of rotatable bonds is 6. The Labute approximate surface area is 385 Å². The van der Waals surface area contributed by atoms with Crippen LogP contribution in [0.3, 0.4) is 0 Å². The molecule has 0 amide bonds. The SMILES string of the molecule is c1ccc(-c2cc(-c3ccccc3)nc(-n3c4ccccc4c4ccc(-c5ccc6cc(-c7ccc8c(c7)c7ccccc7n8-c7ccc8oc9ccncc9c8c7)ccc6c5)cc43)c2)cc1. The zero-order chi connectivity index (χ0) is 44.0. The summed E-state index contributed by atoms with van der Waals surface area (Å²) in [6, 6.07) is 78.7. The summed E-state index contributed by atoms with van der Waals surface area (Å²) < 4.78 is 10.8. The molecule has 9 aromatic carbocycles. The molecule has 0 unspecified atom stereocenters. The second-order valence-corrected chi connectivity index (χ2v) is 17.4. The van der Waals surface area contributed by atoms with Gasteiger partial charge in [0.25, 0.3) is 0 Å². The Balaban J connectivity index is 0.855. The smallest absolute Gasteiger partial charge is 0.138 e. The second kappa shape index (κ2) is 14.7. The van der Waals surface area contributed by atoms with Crippen molar-refractivity contribution in [2.75, 3.05) is 0 Å². The molecule has 5 nitrogen and oxygen atoms in total. The lowest BCUT2D eigenvalue weighted by molar-refractivity contribution is 0.668. The first-order valence-electron chi connectivity index (χ1n) is 22.7. The first-order valence-corrected chi connectivity index (χ1v) is 22.7. The summed E-state index contributed by atoms with van der Waals surface area (Å²) in [5, 5.41) is 9.31. The van der Waals surface area contributed by atoms with E-state index in [-0.39, 0.29) is 0 Å². The maximum atomic E-state index is 6.15. The van der Waals surface area contributed by atoms with Crippen LogP contribution in [0.4, 0.5) is 0 Å². The number of furan rings is 1. The molecule has 0 N–H and O–H groups in total. The highest BCUT2D eigenvalue weighted by atomic mass is 16.3. The third kappa shape index (κ3) is 6.02. The van der Waals surface area contributed by atoms with Crippen molar-refractivity contribution in [3.8, 4) is 56.1 Å². The molecule has 5 heterocycles. The molecule has 0 aliphatic rings. The average molecular weight is 855 g/mol. The zero-order valence-electron chi connectivity index (χ0n) is 36.1. The van der Waals surface area contributed by atoms with E-state index >= 15 is 0 Å². The molecule has 0 bridgehead atoms. The molecule has 0 saturated heterocycles. The van der Waals surface area contributed by atoms with Crippen molar-refractivity contribution in [3.05, 3.63) is 231 Å². The maximum Gasteiger partial charge on any atom is 0.138 e. The lowest BCUT2D eigenvalue weighted by Gasteiger charge is -2.13.